The zero-order valence-corrected chi connectivity index (χ0v) is 88.3. The van der Waals surface area contributed by atoms with Gasteiger partial charge in [-0.1, -0.05) is 442 Å². The molecule has 0 aliphatic heterocycles. The zero-order valence-electron chi connectivity index (χ0n) is 86.5. The van der Waals surface area contributed by atoms with E-state index in [0.717, 1.165) is 73.5 Å². The number of fused-ring (bicyclic) bond motifs is 7. The maximum Gasteiger partial charge on any atom is 0.168 e. The predicted octanol–water partition coefficient (Wildman–Crippen LogP) is 36.6. The molecular formula is C130H148N4O6P2. The number of benzene rings is 14. The van der Waals surface area contributed by atoms with E-state index in [0.29, 0.717) is 6.16 Å². The number of rotatable bonds is 16. The molecule has 0 N–H and O–H groups in total. The lowest BCUT2D eigenvalue weighted by atomic mass is 9.81. The van der Waals surface area contributed by atoms with Crippen molar-refractivity contribution in [2.75, 3.05) is 39.0 Å². The van der Waals surface area contributed by atoms with Crippen LogP contribution < -0.4 is 0 Å². The van der Waals surface area contributed by atoms with Gasteiger partial charge >= 0.3 is 0 Å². The third kappa shape index (κ3) is 41.2. The van der Waals surface area contributed by atoms with Gasteiger partial charge in [-0.2, -0.15) is 21.0 Å². The molecule has 0 bridgehead atoms. The minimum absolute atomic E-state index is 0. The Hall–Kier alpha value is -14.3. The molecule has 14 aromatic carbocycles. The summed E-state index contributed by atoms with van der Waals surface area (Å²) in [5.41, 5.74) is 13.5. The van der Waals surface area contributed by atoms with Crippen molar-refractivity contribution in [3.8, 4) is 24.3 Å². The van der Waals surface area contributed by atoms with E-state index in [1.807, 2.05) is 189 Å². The molecule has 0 aromatic heterocycles. The van der Waals surface area contributed by atoms with Gasteiger partial charge in [-0.3, -0.25) is 19.2 Å². The Bertz CT molecular complexity index is 7140. The van der Waals surface area contributed by atoms with Crippen molar-refractivity contribution in [1.82, 2.24) is 0 Å². The van der Waals surface area contributed by atoms with Crippen molar-refractivity contribution < 1.29 is 28.3 Å². The van der Waals surface area contributed by atoms with Gasteiger partial charge in [0.1, 0.15) is 12.6 Å². The molecule has 0 amide bonds. The fraction of sp³-hybridized carbons (Fsp3) is 0.262. The zero-order chi connectivity index (χ0) is 104. The van der Waals surface area contributed by atoms with Crippen LogP contribution >= 0.6 is 14.3 Å². The van der Waals surface area contributed by atoms with Crippen molar-refractivity contribution in [3.63, 3.8) is 0 Å². The van der Waals surface area contributed by atoms with E-state index in [2.05, 4.69) is 314 Å². The average Bonchev–Trinajstić information content (AvgIpc) is 0.814. The molecule has 0 heterocycles. The Morgan fingerprint density at radius 1 is 0.303 bits per heavy atom. The molecule has 14 aromatic rings. The second-order valence-electron chi connectivity index (χ2n) is 40.9. The number of hydrogen-bond donors (Lipinski definition) is 0. The van der Waals surface area contributed by atoms with Gasteiger partial charge in [0.25, 0.3) is 0 Å². The Kier molecular flexibility index (Phi) is 48.5. The van der Waals surface area contributed by atoms with Gasteiger partial charge in [0.05, 0.1) is 44.7 Å². The molecule has 10 nitrogen and oxygen atoms in total. The molecule has 0 saturated carbocycles. The molecule has 14 rings (SSSR count). The first-order chi connectivity index (χ1) is 66.0. The van der Waals surface area contributed by atoms with Crippen LogP contribution in [0.15, 0.2) is 387 Å². The topological polar surface area (TPSA) is 198 Å². The van der Waals surface area contributed by atoms with Crippen LogP contribution in [0.4, 0.5) is 0 Å². The fourth-order valence-electron chi connectivity index (χ4n) is 15.0. The summed E-state index contributed by atoms with van der Waals surface area (Å²) in [5.74, 6) is 0.463. The molecule has 0 aliphatic carbocycles. The van der Waals surface area contributed by atoms with Crippen LogP contribution in [0.3, 0.4) is 0 Å². The normalized spacial score (nSPS) is 12.2. The molecular weight excluding hydrogens is 1780 g/mol. The number of hydrogen-bond acceptors (Lipinski definition) is 10. The summed E-state index contributed by atoms with van der Waals surface area (Å²) in [6.07, 6.45) is 22.6. The van der Waals surface area contributed by atoms with Gasteiger partial charge in [0.15, 0.2) is 11.6 Å². The van der Waals surface area contributed by atoms with Crippen LogP contribution in [0, 0.1) is 78.3 Å². The highest BCUT2D eigenvalue weighted by molar-refractivity contribution is 7.62. The SMILES string of the molecule is C.C.C/C(=C\C#N)CP(C)(C)=O.CC(/C=C/C=C(/c1ccc2ccccc2c1)C(C)(C)C)=C\C#N.CC(/C=C/C=C(/c1ccc2ccccc2c1)C(C)(C)C)=C\C=O.CC(C)(C)/C(=C\C#N)c1ccc2ccccc2c1.CC(C)(C)/C(=C\C=O)c1ccc2ccccc2c1.CC(C)(C)C(=O)c1ccc2ccccc2c1.CC(C)C(=O)c1ccc2ccccc2c1.CP(C)(=O)CC#N.c1ccc2ccccc2c1. The van der Waals surface area contributed by atoms with E-state index in [1.165, 1.54) is 93.0 Å². The van der Waals surface area contributed by atoms with Crippen LogP contribution in [-0.4, -0.2) is 63.1 Å². The summed E-state index contributed by atoms with van der Waals surface area (Å²) in [4.78, 5) is 45.2. The van der Waals surface area contributed by atoms with E-state index in [-0.39, 0.29) is 65.6 Å². The number of aldehydes is 2. The first-order valence-electron chi connectivity index (χ1n) is 47.2. The molecule has 12 heteroatoms. The number of nitriles is 4. The van der Waals surface area contributed by atoms with Crippen LogP contribution in [0.25, 0.3) is 97.7 Å². The lowest BCUT2D eigenvalue weighted by Crippen LogP contribution is -2.19. The third-order valence-electron chi connectivity index (χ3n) is 22.1. The van der Waals surface area contributed by atoms with Gasteiger partial charge in [-0.15, -0.1) is 0 Å². The van der Waals surface area contributed by atoms with E-state index < -0.39 is 14.3 Å². The summed E-state index contributed by atoms with van der Waals surface area (Å²) in [6, 6.07) is 112. The predicted molar refractivity (Wildman–Crippen MR) is 617 cm³/mol. The molecule has 0 fully saturated rings. The largest absolute Gasteiger partial charge is 0.324 e. The highest BCUT2D eigenvalue weighted by atomic mass is 31.2. The summed E-state index contributed by atoms with van der Waals surface area (Å²) in [7, 11) is -4.00. The van der Waals surface area contributed by atoms with E-state index in [1.54, 1.807) is 51.0 Å². The van der Waals surface area contributed by atoms with Crippen molar-refractivity contribution in [3.05, 3.63) is 420 Å². The first kappa shape index (κ1) is 120. The van der Waals surface area contributed by atoms with Crippen molar-refractivity contribution in [1.29, 1.82) is 21.0 Å². The molecule has 0 aliphatic rings. The summed E-state index contributed by atoms with van der Waals surface area (Å²) in [6.45, 7) is 48.1. The summed E-state index contributed by atoms with van der Waals surface area (Å²) in [5, 5.41) is 50.9. The molecule has 0 unspecified atom stereocenters. The molecule has 0 radical (unpaired) electrons. The van der Waals surface area contributed by atoms with Crippen molar-refractivity contribution in [2.24, 2.45) is 33.0 Å². The first-order valence-corrected chi connectivity index (χ1v) is 52.8. The monoisotopic (exact) mass is 1920 g/mol. The number of carbonyl (C=O) groups excluding carboxylic acids is 4. The summed E-state index contributed by atoms with van der Waals surface area (Å²) < 4.78 is 21.7. The van der Waals surface area contributed by atoms with Gasteiger partial charge < -0.3 is 9.13 Å². The minimum Gasteiger partial charge on any atom is -0.324 e. The Morgan fingerprint density at radius 3 is 0.796 bits per heavy atom. The Balaban J connectivity index is 0.000000338. The highest BCUT2D eigenvalue weighted by Crippen LogP contribution is 2.41. The molecule has 0 saturated heterocycles. The number of carbonyl (C=O) groups is 4. The van der Waals surface area contributed by atoms with Crippen LogP contribution in [0.5, 0.6) is 0 Å². The van der Waals surface area contributed by atoms with E-state index in [9.17, 15) is 28.3 Å². The number of Topliss-reactive ketones (excluding diaryl/α,β-unsaturated/α-hetero) is 2. The quantitative estimate of drug-likeness (QED) is 0.0224. The van der Waals surface area contributed by atoms with E-state index in [4.69, 9.17) is 21.0 Å². The second-order valence-corrected chi connectivity index (χ2v) is 47.8. The fourth-order valence-corrected chi connectivity index (χ4v) is 16.7. The van der Waals surface area contributed by atoms with Gasteiger partial charge in [0, 0.05) is 46.8 Å². The molecule has 142 heavy (non-hydrogen) atoms. The second kappa shape index (κ2) is 57.4. The lowest BCUT2D eigenvalue weighted by molar-refractivity contribution is -0.104. The third-order valence-corrected chi connectivity index (χ3v) is 24.3. The smallest absolute Gasteiger partial charge is 0.168 e. The van der Waals surface area contributed by atoms with Gasteiger partial charge in [-0.05, 0) is 249 Å². The Labute approximate surface area is 849 Å². The lowest BCUT2D eigenvalue weighted by Gasteiger charge is -2.23. The number of allylic oxidation sites excluding steroid dienone is 18. The van der Waals surface area contributed by atoms with Crippen LogP contribution in [-0.2, 0) is 18.7 Å². The Morgan fingerprint density at radius 2 is 0.549 bits per heavy atom. The standard InChI is InChI=1S/C22H23N.C22H24O.C17H17N.C17H18O.C15H16O.C14H14O.C10H8.C7H12NOP.C4H8NOP.2CH4/c2*1-17(14-15-23)8-7-11-21(22(2,3)4)20-13-12-18-9-5-6-10-19(18)16-20;2*1-17(2,3)16(10-11-18)15-9-8-13-6-4-5-7-14(13)12-15;1-15(2,3)14(16)13-9-8-11-6-4-5-7-12(11)10-13;1-10(2)14(15)13-8-7-11-5-3-4-6-12(11)9-13;1-2-6-10-8-4-3-7-9(10)5-1;1-7(4-5-8)6-10(2,3)9;1-7(2,6)4-3-5;;/h5-14,16H,1-4H3;5-16H,1-4H3;4-10,12H,1-3H3;4-12H,1-3H3;4-10H,1-3H3;3-10H,1-2H3;1-8H;4H,6H2,1-3H3;4H2,1-2H3;2*1H4/b2*8-7+,17-14+,21-11-;2*16-10-;;;;7-4+;;;. The van der Waals surface area contributed by atoms with Crippen LogP contribution in [0.2, 0.25) is 0 Å². The van der Waals surface area contributed by atoms with Crippen molar-refractivity contribution in [2.45, 2.75) is 153 Å². The molecule has 0 spiro atoms. The average molecular weight is 1920 g/mol. The van der Waals surface area contributed by atoms with Crippen LogP contribution in [0.1, 0.15) is 196 Å². The number of ketones is 2. The van der Waals surface area contributed by atoms with Gasteiger partial charge in [0.2, 0.25) is 0 Å². The molecule has 0 atom stereocenters. The summed E-state index contributed by atoms with van der Waals surface area (Å²) >= 11 is 0. The maximum absolute atomic E-state index is 12.1. The minimum atomic E-state index is -2.03. The van der Waals surface area contributed by atoms with Crippen molar-refractivity contribution >= 4 is 136 Å². The van der Waals surface area contributed by atoms with Gasteiger partial charge in [-0.25, -0.2) is 0 Å². The molecule has 734 valence electrons. The maximum atomic E-state index is 12.1. The highest BCUT2D eigenvalue weighted by Gasteiger charge is 2.25. The van der Waals surface area contributed by atoms with E-state index >= 15 is 0 Å². The number of nitrogens with zero attached hydrogens (tertiary/aromatic N) is 4.